The molecule has 0 saturated heterocycles. The summed E-state index contributed by atoms with van der Waals surface area (Å²) >= 11 is 0. The molecule has 0 atom stereocenters. The number of anilines is 2. The van der Waals surface area contributed by atoms with Crippen LogP contribution in [0.2, 0.25) is 0 Å². The van der Waals surface area contributed by atoms with E-state index in [9.17, 15) is 19.2 Å². The zero-order valence-corrected chi connectivity index (χ0v) is 17.3. The molecule has 7 heteroatoms. The summed E-state index contributed by atoms with van der Waals surface area (Å²) in [6, 6.07) is 18.1. The highest BCUT2D eigenvalue weighted by molar-refractivity contribution is 6.30. The highest BCUT2D eigenvalue weighted by atomic mass is 16.5. The third-order valence-corrected chi connectivity index (χ3v) is 5.04. The summed E-state index contributed by atoms with van der Waals surface area (Å²) in [5, 5.41) is 5.39. The summed E-state index contributed by atoms with van der Waals surface area (Å²) in [6.07, 6.45) is 0.348. The molecule has 1 aliphatic rings. The average molecular weight is 428 g/mol. The Bertz CT molecular complexity index is 1250. The van der Waals surface area contributed by atoms with E-state index in [1.165, 1.54) is 0 Å². The fraction of sp³-hybridized carbons (Fsp3) is 0.120. The van der Waals surface area contributed by atoms with Crippen LogP contribution in [-0.2, 0) is 9.59 Å². The van der Waals surface area contributed by atoms with Crippen molar-refractivity contribution >= 4 is 34.8 Å². The molecular weight excluding hydrogens is 408 g/mol. The first-order valence-corrected chi connectivity index (χ1v) is 10.1. The fourth-order valence-corrected chi connectivity index (χ4v) is 3.50. The van der Waals surface area contributed by atoms with Crippen LogP contribution in [0.3, 0.4) is 0 Å². The van der Waals surface area contributed by atoms with Gasteiger partial charge in [0.15, 0.2) is 18.2 Å². The normalized spacial score (nSPS) is 11.9. The van der Waals surface area contributed by atoms with Gasteiger partial charge in [0.1, 0.15) is 5.75 Å². The number of fused-ring (bicyclic) bond motifs is 2. The number of ether oxygens (including phenoxy) is 1. The lowest BCUT2D eigenvalue weighted by atomic mass is 9.83. The summed E-state index contributed by atoms with van der Waals surface area (Å²) in [7, 11) is 0. The molecule has 0 radical (unpaired) electrons. The Morgan fingerprint density at radius 1 is 0.781 bits per heavy atom. The third-order valence-electron chi connectivity index (χ3n) is 5.04. The molecule has 2 N–H and O–H groups in total. The van der Waals surface area contributed by atoms with Gasteiger partial charge in [-0.25, -0.2) is 0 Å². The van der Waals surface area contributed by atoms with E-state index in [1.54, 1.807) is 73.7 Å². The number of nitrogens with one attached hydrogen (secondary N) is 2. The number of rotatable bonds is 6. The lowest BCUT2D eigenvalue weighted by molar-refractivity contribution is -0.118. The van der Waals surface area contributed by atoms with Crippen molar-refractivity contribution in [2.45, 2.75) is 13.3 Å². The topological polar surface area (TPSA) is 102 Å². The standard InChI is InChI=1S/C25H20N2O5/c1-2-21(28)26-15-7-5-8-16(13-15)32-14-22(29)27-20-12-6-11-19-23(20)25(31)18-10-4-3-9-17(18)24(19)30/h3-13H,2,14H2,1H3,(H,26,28)(H,27,29). The highest BCUT2D eigenvalue weighted by Crippen LogP contribution is 2.31. The molecule has 32 heavy (non-hydrogen) atoms. The molecule has 0 spiro atoms. The number of hydrogen-bond donors (Lipinski definition) is 2. The van der Waals surface area contributed by atoms with Crippen LogP contribution in [-0.4, -0.2) is 30.0 Å². The van der Waals surface area contributed by atoms with Gasteiger partial charge in [0, 0.05) is 34.9 Å². The van der Waals surface area contributed by atoms with Crippen LogP contribution in [0.5, 0.6) is 5.75 Å². The van der Waals surface area contributed by atoms with Crippen molar-refractivity contribution in [2.24, 2.45) is 0 Å². The lowest BCUT2D eigenvalue weighted by Crippen LogP contribution is -2.25. The maximum absolute atomic E-state index is 13.0. The van der Waals surface area contributed by atoms with Crippen LogP contribution in [0, 0.1) is 0 Å². The minimum Gasteiger partial charge on any atom is -0.484 e. The van der Waals surface area contributed by atoms with Gasteiger partial charge in [0.25, 0.3) is 5.91 Å². The Morgan fingerprint density at radius 2 is 1.47 bits per heavy atom. The molecule has 2 amide bonds. The maximum atomic E-state index is 13.0. The quantitative estimate of drug-likeness (QED) is 0.486. The summed E-state index contributed by atoms with van der Waals surface area (Å²) in [4.78, 5) is 49.9. The van der Waals surface area contributed by atoms with E-state index in [0.717, 1.165) is 0 Å². The minimum absolute atomic E-state index is 0.130. The van der Waals surface area contributed by atoms with Crippen molar-refractivity contribution in [3.63, 3.8) is 0 Å². The van der Waals surface area contributed by atoms with Crippen molar-refractivity contribution < 1.29 is 23.9 Å². The van der Waals surface area contributed by atoms with E-state index in [2.05, 4.69) is 10.6 Å². The predicted molar refractivity (Wildman–Crippen MR) is 119 cm³/mol. The smallest absolute Gasteiger partial charge is 0.262 e. The minimum atomic E-state index is -0.486. The summed E-state index contributed by atoms with van der Waals surface area (Å²) in [6.45, 7) is 1.44. The monoisotopic (exact) mass is 428 g/mol. The Hall–Kier alpha value is -4.26. The number of amides is 2. The van der Waals surface area contributed by atoms with Crippen LogP contribution in [0.25, 0.3) is 0 Å². The molecule has 0 saturated carbocycles. The number of carbonyl (C=O) groups is 4. The molecule has 0 fully saturated rings. The molecule has 0 aliphatic heterocycles. The highest BCUT2D eigenvalue weighted by Gasteiger charge is 2.31. The zero-order valence-electron chi connectivity index (χ0n) is 17.3. The SMILES string of the molecule is CCC(=O)Nc1cccc(OCC(=O)Nc2cccc3c2C(=O)c2ccccc2C3=O)c1. The van der Waals surface area contributed by atoms with E-state index in [1.807, 2.05) is 0 Å². The van der Waals surface area contributed by atoms with E-state index >= 15 is 0 Å². The third kappa shape index (κ3) is 4.13. The second-order valence-corrected chi connectivity index (χ2v) is 7.20. The van der Waals surface area contributed by atoms with E-state index in [0.29, 0.717) is 29.0 Å². The van der Waals surface area contributed by atoms with Gasteiger partial charge in [-0.1, -0.05) is 49.4 Å². The van der Waals surface area contributed by atoms with E-state index in [-0.39, 0.29) is 40.9 Å². The number of hydrogen-bond acceptors (Lipinski definition) is 5. The first-order chi connectivity index (χ1) is 15.5. The molecule has 4 rings (SSSR count). The fourth-order valence-electron chi connectivity index (χ4n) is 3.50. The molecule has 160 valence electrons. The van der Waals surface area contributed by atoms with Crippen molar-refractivity contribution in [3.05, 3.63) is 89.0 Å². The molecule has 7 nitrogen and oxygen atoms in total. The number of carbonyl (C=O) groups excluding carboxylic acids is 4. The van der Waals surface area contributed by atoms with Gasteiger partial charge in [-0.3, -0.25) is 19.2 Å². The molecule has 0 unspecified atom stereocenters. The first kappa shape index (κ1) is 21.0. The van der Waals surface area contributed by atoms with Gasteiger partial charge in [0.05, 0.1) is 11.3 Å². The van der Waals surface area contributed by atoms with Crippen molar-refractivity contribution in [3.8, 4) is 5.75 Å². The van der Waals surface area contributed by atoms with Crippen LogP contribution in [0.1, 0.15) is 45.2 Å². The predicted octanol–water partition coefficient (Wildman–Crippen LogP) is 3.83. The Kier molecular flexibility index (Phi) is 5.81. The Balaban J connectivity index is 1.49. The Labute approximate surface area is 184 Å². The Morgan fingerprint density at radius 3 is 2.22 bits per heavy atom. The zero-order chi connectivity index (χ0) is 22.7. The van der Waals surface area contributed by atoms with Crippen LogP contribution < -0.4 is 15.4 Å². The average Bonchev–Trinajstić information content (AvgIpc) is 2.81. The molecular formula is C25H20N2O5. The van der Waals surface area contributed by atoms with Gasteiger partial charge in [-0.15, -0.1) is 0 Å². The van der Waals surface area contributed by atoms with Crippen molar-refractivity contribution in [1.29, 1.82) is 0 Å². The molecule has 1 aliphatic carbocycles. The number of benzene rings is 3. The van der Waals surface area contributed by atoms with Crippen LogP contribution in [0.15, 0.2) is 66.7 Å². The van der Waals surface area contributed by atoms with Crippen LogP contribution in [0.4, 0.5) is 11.4 Å². The molecule has 3 aromatic rings. The van der Waals surface area contributed by atoms with Gasteiger partial charge in [-0.05, 0) is 18.2 Å². The van der Waals surface area contributed by atoms with Crippen molar-refractivity contribution in [2.75, 3.05) is 17.2 Å². The van der Waals surface area contributed by atoms with Crippen LogP contribution >= 0.6 is 0 Å². The van der Waals surface area contributed by atoms with Gasteiger partial charge in [-0.2, -0.15) is 0 Å². The van der Waals surface area contributed by atoms with Crippen molar-refractivity contribution in [1.82, 2.24) is 0 Å². The molecule has 0 aromatic heterocycles. The second kappa shape index (κ2) is 8.85. The number of ketones is 2. The van der Waals surface area contributed by atoms with E-state index < -0.39 is 5.91 Å². The molecule has 0 heterocycles. The van der Waals surface area contributed by atoms with Gasteiger partial charge in [0.2, 0.25) is 5.91 Å². The molecule has 3 aromatic carbocycles. The van der Waals surface area contributed by atoms with Gasteiger partial charge < -0.3 is 15.4 Å². The van der Waals surface area contributed by atoms with E-state index in [4.69, 9.17) is 4.74 Å². The lowest BCUT2D eigenvalue weighted by Gasteiger charge is -2.20. The summed E-state index contributed by atoms with van der Waals surface area (Å²) in [5.74, 6) is -0.778. The second-order valence-electron chi connectivity index (χ2n) is 7.20. The summed E-state index contributed by atoms with van der Waals surface area (Å²) < 4.78 is 5.53. The maximum Gasteiger partial charge on any atom is 0.262 e. The molecule has 0 bridgehead atoms. The largest absolute Gasteiger partial charge is 0.484 e. The van der Waals surface area contributed by atoms with Gasteiger partial charge >= 0.3 is 0 Å². The summed E-state index contributed by atoms with van der Waals surface area (Å²) in [5.41, 5.74) is 1.92. The first-order valence-electron chi connectivity index (χ1n) is 10.1.